The van der Waals surface area contributed by atoms with Crippen LogP contribution in [0.25, 0.3) is 10.6 Å². The number of aromatic nitrogens is 1. The van der Waals surface area contributed by atoms with E-state index < -0.39 is 0 Å². The van der Waals surface area contributed by atoms with E-state index in [-0.39, 0.29) is 12.7 Å². The number of amides is 1. The number of hydrogen-bond acceptors (Lipinski definition) is 6. The second-order valence-electron chi connectivity index (χ2n) is 3.74. The summed E-state index contributed by atoms with van der Waals surface area (Å²) in [5.41, 5.74) is 3.43. The highest BCUT2D eigenvalue weighted by Crippen LogP contribution is 2.36. The molecule has 2 heterocycles. The SMILES string of the molecule is CONC(=O)c1csc(-c2ccc3c(c2)OCO3)n1. The van der Waals surface area contributed by atoms with Gasteiger partial charge in [0.15, 0.2) is 11.5 Å². The monoisotopic (exact) mass is 278 g/mol. The Morgan fingerprint density at radius 1 is 1.42 bits per heavy atom. The molecule has 0 radical (unpaired) electrons. The number of nitrogens with one attached hydrogen (secondary N) is 1. The summed E-state index contributed by atoms with van der Waals surface area (Å²) in [6.07, 6.45) is 0. The first-order valence-corrected chi connectivity index (χ1v) is 6.35. The first-order chi connectivity index (χ1) is 9.28. The molecule has 1 aliphatic rings. The molecule has 19 heavy (non-hydrogen) atoms. The number of hydrogen-bond donors (Lipinski definition) is 1. The van der Waals surface area contributed by atoms with Crippen LogP contribution in [0.5, 0.6) is 11.5 Å². The van der Waals surface area contributed by atoms with Crippen LogP contribution >= 0.6 is 11.3 Å². The lowest BCUT2D eigenvalue weighted by atomic mass is 10.2. The van der Waals surface area contributed by atoms with Crippen LogP contribution in [0.15, 0.2) is 23.6 Å². The molecular formula is C12H10N2O4S. The average molecular weight is 278 g/mol. The maximum absolute atomic E-state index is 11.5. The summed E-state index contributed by atoms with van der Waals surface area (Å²) < 4.78 is 10.6. The number of carbonyl (C=O) groups is 1. The molecule has 1 amide bonds. The predicted molar refractivity (Wildman–Crippen MR) is 68.1 cm³/mol. The van der Waals surface area contributed by atoms with E-state index in [0.717, 1.165) is 16.3 Å². The zero-order valence-corrected chi connectivity index (χ0v) is 10.8. The fourth-order valence-electron chi connectivity index (χ4n) is 1.69. The summed E-state index contributed by atoms with van der Waals surface area (Å²) in [7, 11) is 1.38. The second kappa shape index (κ2) is 4.87. The molecular weight excluding hydrogens is 268 g/mol. The van der Waals surface area contributed by atoms with Crippen molar-refractivity contribution >= 4 is 17.2 Å². The Labute approximate surface area is 112 Å². The fraction of sp³-hybridized carbons (Fsp3) is 0.167. The minimum Gasteiger partial charge on any atom is -0.454 e. The Balaban J connectivity index is 1.88. The highest BCUT2D eigenvalue weighted by atomic mass is 32.1. The van der Waals surface area contributed by atoms with Gasteiger partial charge in [0.2, 0.25) is 6.79 Å². The highest BCUT2D eigenvalue weighted by Gasteiger charge is 2.16. The van der Waals surface area contributed by atoms with Gasteiger partial charge in [0.05, 0.1) is 7.11 Å². The van der Waals surface area contributed by atoms with Gasteiger partial charge in [-0.1, -0.05) is 0 Å². The minimum absolute atomic E-state index is 0.234. The molecule has 0 bridgehead atoms. The molecule has 0 saturated carbocycles. The van der Waals surface area contributed by atoms with Crippen molar-refractivity contribution in [3.8, 4) is 22.1 Å². The lowest BCUT2D eigenvalue weighted by Gasteiger charge is -1.99. The van der Waals surface area contributed by atoms with Crippen molar-refractivity contribution < 1.29 is 19.1 Å². The van der Waals surface area contributed by atoms with Crippen LogP contribution < -0.4 is 15.0 Å². The minimum atomic E-state index is -0.370. The van der Waals surface area contributed by atoms with E-state index in [4.69, 9.17) is 9.47 Å². The number of ether oxygens (including phenoxy) is 2. The first-order valence-electron chi connectivity index (χ1n) is 5.47. The van der Waals surface area contributed by atoms with E-state index in [2.05, 4.69) is 15.3 Å². The van der Waals surface area contributed by atoms with Crippen LogP contribution in [0.4, 0.5) is 0 Å². The Hall–Kier alpha value is -2.12. The molecule has 0 spiro atoms. The van der Waals surface area contributed by atoms with Gasteiger partial charge in [0.1, 0.15) is 10.7 Å². The molecule has 0 fully saturated rings. The van der Waals surface area contributed by atoms with Crippen molar-refractivity contribution in [1.82, 2.24) is 10.5 Å². The molecule has 1 aromatic heterocycles. The van der Waals surface area contributed by atoms with Crippen LogP contribution in [-0.2, 0) is 4.84 Å². The van der Waals surface area contributed by atoms with E-state index in [0.29, 0.717) is 11.4 Å². The van der Waals surface area contributed by atoms with E-state index in [9.17, 15) is 4.79 Å². The predicted octanol–water partition coefficient (Wildman–Crippen LogP) is 1.83. The number of nitrogens with zero attached hydrogens (tertiary/aromatic N) is 1. The average Bonchev–Trinajstić information content (AvgIpc) is 3.07. The maximum atomic E-state index is 11.5. The van der Waals surface area contributed by atoms with Crippen molar-refractivity contribution in [3.05, 3.63) is 29.3 Å². The molecule has 3 rings (SSSR count). The summed E-state index contributed by atoms with van der Waals surface area (Å²) in [5, 5.41) is 2.41. The zero-order valence-electron chi connectivity index (χ0n) is 10.0. The van der Waals surface area contributed by atoms with Gasteiger partial charge in [-0.3, -0.25) is 9.63 Å². The van der Waals surface area contributed by atoms with Gasteiger partial charge in [-0.25, -0.2) is 10.5 Å². The Bertz CT molecular complexity index is 626. The molecule has 0 aliphatic carbocycles. The molecule has 6 nitrogen and oxygen atoms in total. The largest absolute Gasteiger partial charge is 0.454 e. The van der Waals surface area contributed by atoms with Crippen molar-refractivity contribution in [2.45, 2.75) is 0 Å². The highest BCUT2D eigenvalue weighted by molar-refractivity contribution is 7.13. The smallest absolute Gasteiger partial charge is 0.294 e. The Morgan fingerprint density at radius 2 is 2.26 bits per heavy atom. The quantitative estimate of drug-likeness (QED) is 0.867. The third-order valence-corrected chi connectivity index (χ3v) is 3.44. The summed E-state index contributed by atoms with van der Waals surface area (Å²) in [6.45, 7) is 0.234. The lowest BCUT2D eigenvalue weighted by Crippen LogP contribution is -2.21. The summed E-state index contributed by atoms with van der Waals surface area (Å²) in [4.78, 5) is 20.4. The topological polar surface area (TPSA) is 69.7 Å². The number of rotatable bonds is 3. The standard InChI is InChI=1S/C12H10N2O4S/c1-16-14-11(15)8-5-19-12(13-8)7-2-3-9-10(4-7)18-6-17-9/h2-5H,6H2,1H3,(H,14,15). The third kappa shape index (κ3) is 2.25. The fourth-order valence-corrected chi connectivity index (χ4v) is 2.48. The van der Waals surface area contributed by atoms with Crippen LogP contribution in [0.1, 0.15) is 10.5 Å². The van der Waals surface area contributed by atoms with Gasteiger partial charge in [-0.15, -0.1) is 11.3 Å². The molecule has 1 N–H and O–H groups in total. The van der Waals surface area contributed by atoms with Gasteiger partial charge in [-0.05, 0) is 18.2 Å². The third-order valence-electron chi connectivity index (χ3n) is 2.55. The van der Waals surface area contributed by atoms with E-state index in [1.54, 1.807) is 5.38 Å². The number of benzene rings is 1. The molecule has 0 saturated heterocycles. The molecule has 0 unspecified atom stereocenters. The van der Waals surface area contributed by atoms with E-state index in [1.807, 2.05) is 18.2 Å². The van der Waals surface area contributed by atoms with Crippen molar-refractivity contribution in [3.63, 3.8) is 0 Å². The van der Waals surface area contributed by atoms with Crippen molar-refractivity contribution in [2.75, 3.05) is 13.9 Å². The molecule has 98 valence electrons. The van der Waals surface area contributed by atoms with Gasteiger partial charge in [-0.2, -0.15) is 0 Å². The normalized spacial score (nSPS) is 12.5. The number of fused-ring (bicyclic) bond motifs is 1. The molecule has 1 aromatic carbocycles. The molecule has 0 atom stereocenters. The zero-order chi connectivity index (χ0) is 13.2. The van der Waals surface area contributed by atoms with Crippen molar-refractivity contribution in [2.24, 2.45) is 0 Å². The van der Waals surface area contributed by atoms with E-state index >= 15 is 0 Å². The van der Waals surface area contributed by atoms with Gasteiger partial charge >= 0.3 is 0 Å². The number of hydroxylamine groups is 1. The van der Waals surface area contributed by atoms with E-state index in [1.165, 1.54) is 18.4 Å². The van der Waals surface area contributed by atoms with Crippen LogP contribution in [-0.4, -0.2) is 24.8 Å². The summed E-state index contributed by atoms with van der Waals surface area (Å²) in [6, 6.07) is 5.55. The molecule has 1 aliphatic heterocycles. The number of thiazole rings is 1. The first kappa shape index (κ1) is 11.9. The van der Waals surface area contributed by atoms with Gasteiger partial charge in [0, 0.05) is 10.9 Å². The molecule has 2 aromatic rings. The van der Waals surface area contributed by atoms with Crippen LogP contribution in [0.3, 0.4) is 0 Å². The molecule has 7 heteroatoms. The number of carbonyl (C=O) groups excluding carboxylic acids is 1. The lowest BCUT2D eigenvalue weighted by molar-refractivity contribution is 0.0533. The van der Waals surface area contributed by atoms with Gasteiger partial charge < -0.3 is 9.47 Å². The van der Waals surface area contributed by atoms with Crippen LogP contribution in [0, 0.1) is 0 Å². The second-order valence-corrected chi connectivity index (χ2v) is 4.60. The Kier molecular flexibility index (Phi) is 3.06. The Morgan fingerprint density at radius 3 is 3.11 bits per heavy atom. The van der Waals surface area contributed by atoms with Crippen LogP contribution in [0.2, 0.25) is 0 Å². The maximum Gasteiger partial charge on any atom is 0.294 e. The summed E-state index contributed by atoms with van der Waals surface area (Å²) >= 11 is 1.38. The van der Waals surface area contributed by atoms with Crippen molar-refractivity contribution in [1.29, 1.82) is 0 Å². The summed E-state index contributed by atoms with van der Waals surface area (Å²) in [5.74, 6) is 1.04. The van der Waals surface area contributed by atoms with Gasteiger partial charge in [0.25, 0.3) is 5.91 Å².